The summed E-state index contributed by atoms with van der Waals surface area (Å²) < 4.78 is 6.48. The van der Waals surface area contributed by atoms with Gasteiger partial charge in [-0.15, -0.1) is 0 Å². The molecule has 0 aliphatic carbocycles. The van der Waals surface area contributed by atoms with Gasteiger partial charge in [-0.25, -0.2) is 0 Å². The molecule has 19 heavy (non-hydrogen) atoms. The first-order valence-corrected chi connectivity index (χ1v) is 7.11. The van der Waals surface area contributed by atoms with E-state index in [1.54, 1.807) is 30.3 Å². The molecule has 0 atom stereocenters. The minimum atomic E-state index is -0.000991. The van der Waals surface area contributed by atoms with E-state index in [-0.39, 0.29) is 6.61 Å². The van der Waals surface area contributed by atoms with Gasteiger partial charge >= 0.3 is 0 Å². The van der Waals surface area contributed by atoms with Crippen molar-refractivity contribution in [3.05, 3.63) is 62.0 Å². The van der Waals surface area contributed by atoms with Crippen LogP contribution in [0, 0.1) is 0 Å². The second-order valence-corrected chi connectivity index (χ2v) is 5.65. The van der Waals surface area contributed by atoms with E-state index in [0.717, 1.165) is 15.6 Å². The smallest absolute Gasteiger partial charge is 0.134 e. The van der Waals surface area contributed by atoms with Crippen molar-refractivity contribution in [2.45, 2.75) is 13.2 Å². The predicted molar refractivity (Wildman–Crippen MR) is 80.9 cm³/mol. The number of hydrogen-bond donors (Lipinski definition) is 1. The molecule has 2 rings (SSSR count). The minimum Gasteiger partial charge on any atom is -0.488 e. The van der Waals surface area contributed by atoms with Crippen molar-refractivity contribution in [2.75, 3.05) is 0 Å². The van der Waals surface area contributed by atoms with Crippen LogP contribution in [-0.2, 0) is 13.2 Å². The molecule has 0 saturated carbocycles. The maximum Gasteiger partial charge on any atom is 0.134 e. The SMILES string of the molecule is OCc1ccc(OCc2cc(Cl)ccc2Cl)c(Br)c1. The highest BCUT2D eigenvalue weighted by Gasteiger charge is 2.06. The summed E-state index contributed by atoms with van der Waals surface area (Å²) in [6.07, 6.45) is 0. The average Bonchev–Trinajstić information content (AvgIpc) is 2.40. The summed E-state index contributed by atoms with van der Waals surface area (Å²) in [5.41, 5.74) is 1.65. The van der Waals surface area contributed by atoms with E-state index >= 15 is 0 Å². The van der Waals surface area contributed by atoms with Crippen LogP contribution in [0.5, 0.6) is 5.75 Å². The summed E-state index contributed by atoms with van der Waals surface area (Å²) in [4.78, 5) is 0. The van der Waals surface area contributed by atoms with Crippen LogP contribution in [-0.4, -0.2) is 5.11 Å². The van der Waals surface area contributed by atoms with Gasteiger partial charge in [0.25, 0.3) is 0 Å². The molecule has 2 aromatic carbocycles. The van der Waals surface area contributed by atoms with E-state index in [2.05, 4.69) is 15.9 Å². The lowest BCUT2D eigenvalue weighted by atomic mass is 10.2. The number of halogens is 3. The fraction of sp³-hybridized carbons (Fsp3) is 0.143. The average molecular weight is 362 g/mol. The van der Waals surface area contributed by atoms with Crippen LogP contribution in [0.25, 0.3) is 0 Å². The van der Waals surface area contributed by atoms with Crippen molar-refractivity contribution >= 4 is 39.1 Å². The number of hydrogen-bond acceptors (Lipinski definition) is 2. The number of rotatable bonds is 4. The summed E-state index contributed by atoms with van der Waals surface area (Å²) in [7, 11) is 0. The Morgan fingerprint density at radius 2 is 1.89 bits per heavy atom. The molecular formula is C14H11BrCl2O2. The quantitative estimate of drug-likeness (QED) is 0.845. The van der Waals surface area contributed by atoms with Gasteiger partial charge in [-0.3, -0.25) is 0 Å². The normalized spacial score (nSPS) is 10.5. The maximum absolute atomic E-state index is 9.03. The Kier molecular flexibility index (Phi) is 5.11. The van der Waals surface area contributed by atoms with Crippen LogP contribution in [0.2, 0.25) is 10.0 Å². The molecule has 100 valence electrons. The number of ether oxygens (including phenoxy) is 1. The Balaban J connectivity index is 2.12. The highest BCUT2D eigenvalue weighted by atomic mass is 79.9. The van der Waals surface area contributed by atoms with Crippen LogP contribution < -0.4 is 4.74 Å². The first-order valence-electron chi connectivity index (χ1n) is 5.56. The van der Waals surface area contributed by atoms with E-state index in [9.17, 15) is 0 Å². The van der Waals surface area contributed by atoms with Gasteiger partial charge in [0.15, 0.2) is 0 Å². The summed E-state index contributed by atoms with van der Waals surface area (Å²) >= 11 is 15.4. The number of benzene rings is 2. The first kappa shape index (κ1) is 14.7. The largest absolute Gasteiger partial charge is 0.488 e. The van der Waals surface area contributed by atoms with Gasteiger partial charge in [0, 0.05) is 15.6 Å². The third kappa shape index (κ3) is 3.86. The van der Waals surface area contributed by atoms with Crippen LogP contribution in [0.3, 0.4) is 0 Å². The van der Waals surface area contributed by atoms with E-state index in [1.807, 2.05) is 6.07 Å². The second-order valence-electron chi connectivity index (χ2n) is 3.95. The van der Waals surface area contributed by atoms with Crippen LogP contribution >= 0.6 is 39.1 Å². The minimum absolute atomic E-state index is 0.000991. The molecule has 0 aromatic heterocycles. The standard InChI is InChI=1S/C14H11BrCl2O2/c15-12-5-9(7-18)1-4-14(12)19-8-10-6-11(16)2-3-13(10)17/h1-6,18H,7-8H2. The van der Waals surface area contributed by atoms with Crippen molar-refractivity contribution in [3.8, 4) is 5.75 Å². The van der Waals surface area contributed by atoms with Crippen molar-refractivity contribution in [2.24, 2.45) is 0 Å². The Hall–Kier alpha value is -0.740. The van der Waals surface area contributed by atoms with Crippen molar-refractivity contribution < 1.29 is 9.84 Å². The molecule has 2 aromatic rings. The Morgan fingerprint density at radius 3 is 2.58 bits per heavy atom. The van der Waals surface area contributed by atoms with Crippen molar-refractivity contribution in [1.82, 2.24) is 0 Å². The molecule has 0 fully saturated rings. The summed E-state index contributed by atoms with van der Waals surface area (Å²) in [5.74, 6) is 0.688. The van der Waals surface area contributed by atoms with Crippen molar-refractivity contribution in [1.29, 1.82) is 0 Å². The monoisotopic (exact) mass is 360 g/mol. The molecule has 0 unspecified atom stereocenters. The van der Waals surface area contributed by atoms with Gasteiger partial charge in [-0.2, -0.15) is 0 Å². The molecule has 0 amide bonds. The lowest BCUT2D eigenvalue weighted by molar-refractivity contribution is 0.280. The Bertz CT molecular complexity index is 588. The molecule has 0 radical (unpaired) electrons. The van der Waals surface area contributed by atoms with Gasteiger partial charge in [0.1, 0.15) is 12.4 Å². The molecule has 0 spiro atoms. The molecule has 0 heterocycles. The molecule has 0 aliphatic rings. The van der Waals surface area contributed by atoms with E-state index < -0.39 is 0 Å². The van der Waals surface area contributed by atoms with Gasteiger partial charge < -0.3 is 9.84 Å². The van der Waals surface area contributed by atoms with Gasteiger partial charge in [-0.05, 0) is 51.8 Å². The third-order valence-corrected chi connectivity index (χ3v) is 3.79. The van der Waals surface area contributed by atoms with Gasteiger partial charge in [0.2, 0.25) is 0 Å². The lowest BCUT2D eigenvalue weighted by Gasteiger charge is -2.10. The molecule has 0 bridgehead atoms. The van der Waals surface area contributed by atoms with Crippen LogP contribution in [0.15, 0.2) is 40.9 Å². The Morgan fingerprint density at radius 1 is 1.11 bits per heavy atom. The van der Waals surface area contributed by atoms with E-state index in [1.165, 1.54) is 0 Å². The zero-order valence-electron chi connectivity index (χ0n) is 9.87. The molecular weight excluding hydrogens is 351 g/mol. The fourth-order valence-corrected chi connectivity index (χ4v) is 2.48. The fourth-order valence-electron chi connectivity index (χ4n) is 1.57. The maximum atomic E-state index is 9.03. The van der Waals surface area contributed by atoms with Crippen LogP contribution in [0.1, 0.15) is 11.1 Å². The second kappa shape index (κ2) is 6.62. The van der Waals surface area contributed by atoms with Gasteiger partial charge in [0.05, 0.1) is 11.1 Å². The molecule has 2 nitrogen and oxygen atoms in total. The summed E-state index contributed by atoms with van der Waals surface area (Å²) in [6, 6.07) is 10.7. The predicted octanol–water partition coefficient (Wildman–Crippen LogP) is 4.83. The molecule has 1 N–H and O–H groups in total. The number of aliphatic hydroxyl groups excluding tert-OH is 1. The van der Waals surface area contributed by atoms with E-state index in [4.69, 9.17) is 33.0 Å². The highest BCUT2D eigenvalue weighted by Crippen LogP contribution is 2.28. The summed E-state index contributed by atoms with van der Waals surface area (Å²) in [5, 5.41) is 10.3. The highest BCUT2D eigenvalue weighted by molar-refractivity contribution is 9.10. The third-order valence-electron chi connectivity index (χ3n) is 2.57. The zero-order valence-corrected chi connectivity index (χ0v) is 13.0. The Labute approximate surface area is 130 Å². The van der Waals surface area contributed by atoms with Gasteiger partial charge in [-0.1, -0.05) is 29.3 Å². The zero-order chi connectivity index (χ0) is 13.8. The van der Waals surface area contributed by atoms with Crippen molar-refractivity contribution in [3.63, 3.8) is 0 Å². The molecule has 0 aliphatic heterocycles. The van der Waals surface area contributed by atoms with E-state index in [0.29, 0.717) is 22.4 Å². The lowest BCUT2D eigenvalue weighted by Crippen LogP contribution is -1.97. The number of aliphatic hydroxyl groups is 1. The molecule has 0 saturated heterocycles. The first-order chi connectivity index (χ1) is 9.10. The summed E-state index contributed by atoms with van der Waals surface area (Å²) in [6.45, 7) is 0.329. The van der Waals surface area contributed by atoms with Crippen LogP contribution in [0.4, 0.5) is 0 Å². The molecule has 5 heteroatoms. The topological polar surface area (TPSA) is 29.5 Å².